The van der Waals surface area contributed by atoms with Crippen LogP contribution in [0.15, 0.2) is 57.2 Å². The number of hydrogen-bond donors (Lipinski definition) is 0. The van der Waals surface area contributed by atoms with Crippen molar-refractivity contribution >= 4 is 40.8 Å². The number of methoxy groups -OCH3 is 1. The van der Waals surface area contributed by atoms with Gasteiger partial charge in [-0.2, -0.15) is 0 Å². The quantitative estimate of drug-likeness (QED) is 0.294. The van der Waals surface area contributed by atoms with E-state index in [1.807, 2.05) is 43.3 Å². The highest BCUT2D eigenvalue weighted by atomic mass is 32.2. The maximum absolute atomic E-state index is 11.9. The van der Waals surface area contributed by atoms with Crippen LogP contribution in [0.4, 0.5) is 0 Å². The van der Waals surface area contributed by atoms with Gasteiger partial charge in [-0.1, -0.05) is 64.7 Å². The number of thioether (sulfide) groups is 2. The zero-order chi connectivity index (χ0) is 19.1. The van der Waals surface area contributed by atoms with E-state index in [4.69, 9.17) is 9.47 Å². The second kappa shape index (κ2) is 9.77. The summed E-state index contributed by atoms with van der Waals surface area (Å²) in [6.45, 7) is 1.99. The molecule has 0 spiro atoms. The molecule has 0 bridgehead atoms. The van der Waals surface area contributed by atoms with Gasteiger partial charge in [0.25, 0.3) is 0 Å². The van der Waals surface area contributed by atoms with Crippen LogP contribution in [-0.4, -0.2) is 29.0 Å². The van der Waals surface area contributed by atoms with E-state index in [0.29, 0.717) is 5.75 Å². The first-order valence-corrected chi connectivity index (χ1v) is 10.9. The smallest absolute Gasteiger partial charge is 0.321 e. The van der Waals surface area contributed by atoms with Gasteiger partial charge in [-0.3, -0.25) is 4.79 Å². The molecule has 140 valence electrons. The molecule has 0 amide bonds. The average Bonchev–Trinajstić information content (AvgIpc) is 3.15. The van der Waals surface area contributed by atoms with Gasteiger partial charge in [0.15, 0.2) is 8.68 Å². The summed E-state index contributed by atoms with van der Waals surface area (Å²) in [7, 11) is 1.65. The molecule has 8 heteroatoms. The van der Waals surface area contributed by atoms with Crippen LogP contribution < -0.4 is 9.47 Å². The maximum atomic E-state index is 11.9. The molecule has 0 aliphatic heterocycles. The van der Waals surface area contributed by atoms with E-state index < -0.39 is 0 Å². The van der Waals surface area contributed by atoms with E-state index in [0.717, 1.165) is 25.7 Å². The van der Waals surface area contributed by atoms with Gasteiger partial charge in [-0.15, -0.1) is 10.2 Å². The summed E-state index contributed by atoms with van der Waals surface area (Å²) in [4.78, 5) is 11.9. The van der Waals surface area contributed by atoms with Gasteiger partial charge in [-0.25, -0.2) is 0 Å². The van der Waals surface area contributed by atoms with Crippen molar-refractivity contribution < 1.29 is 14.3 Å². The summed E-state index contributed by atoms with van der Waals surface area (Å²) in [6.07, 6.45) is 0. The molecule has 0 atom stereocenters. The third kappa shape index (κ3) is 6.27. The van der Waals surface area contributed by atoms with Crippen molar-refractivity contribution in [1.29, 1.82) is 0 Å². The Labute approximate surface area is 170 Å². The number of hydrogen-bond acceptors (Lipinski definition) is 8. The van der Waals surface area contributed by atoms with Gasteiger partial charge in [-0.05, 0) is 36.8 Å². The average molecular weight is 419 g/mol. The minimum absolute atomic E-state index is 0.200. The van der Waals surface area contributed by atoms with Gasteiger partial charge in [0.1, 0.15) is 11.5 Å². The van der Waals surface area contributed by atoms with E-state index in [9.17, 15) is 4.79 Å². The van der Waals surface area contributed by atoms with Crippen molar-refractivity contribution in [2.45, 2.75) is 21.4 Å². The second-order valence-corrected chi connectivity index (χ2v) is 8.97. The highest BCUT2D eigenvalue weighted by Gasteiger charge is 2.10. The van der Waals surface area contributed by atoms with Crippen LogP contribution in [0.3, 0.4) is 0 Å². The van der Waals surface area contributed by atoms with Crippen LogP contribution in [0.1, 0.15) is 11.1 Å². The number of rotatable bonds is 8. The molecule has 3 rings (SSSR count). The Morgan fingerprint density at radius 3 is 2.26 bits per heavy atom. The maximum Gasteiger partial charge on any atom is 0.321 e. The van der Waals surface area contributed by atoms with E-state index >= 15 is 0 Å². The highest BCUT2D eigenvalue weighted by molar-refractivity contribution is 8.03. The molecule has 0 aliphatic rings. The van der Waals surface area contributed by atoms with Crippen molar-refractivity contribution in [3.8, 4) is 11.5 Å². The molecule has 5 nitrogen and oxygen atoms in total. The van der Waals surface area contributed by atoms with Crippen molar-refractivity contribution in [3.05, 3.63) is 59.7 Å². The second-order valence-electron chi connectivity index (χ2n) is 5.55. The zero-order valence-electron chi connectivity index (χ0n) is 14.9. The summed E-state index contributed by atoms with van der Waals surface area (Å²) in [5.74, 6) is 2.10. The number of carbonyl (C=O) groups excluding carboxylic acids is 1. The molecule has 0 unspecified atom stereocenters. The number of carbonyl (C=O) groups is 1. The molecule has 0 radical (unpaired) electrons. The Kier molecular flexibility index (Phi) is 7.14. The summed E-state index contributed by atoms with van der Waals surface area (Å²) in [5, 5.41) is 8.30. The topological polar surface area (TPSA) is 61.3 Å². The Hall–Kier alpha value is -2.03. The Morgan fingerprint density at radius 1 is 0.963 bits per heavy atom. The number of ether oxygens (including phenoxy) is 2. The molecule has 0 N–H and O–H groups in total. The number of benzene rings is 2. The number of nitrogens with zero attached hydrogens (tertiary/aromatic N) is 2. The monoisotopic (exact) mass is 418 g/mol. The lowest BCUT2D eigenvalue weighted by atomic mass is 10.2. The summed E-state index contributed by atoms with van der Waals surface area (Å²) < 4.78 is 12.1. The normalized spacial score (nSPS) is 10.6. The molecular formula is C19H18N2O3S3. The minimum Gasteiger partial charge on any atom is -0.497 e. The van der Waals surface area contributed by atoms with Crippen LogP contribution in [0.5, 0.6) is 11.5 Å². The van der Waals surface area contributed by atoms with Gasteiger partial charge in [0, 0.05) is 5.75 Å². The van der Waals surface area contributed by atoms with Crippen molar-refractivity contribution in [3.63, 3.8) is 0 Å². The van der Waals surface area contributed by atoms with Crippen LogP contribution in [0, 0.1) is 6.92 Å². The van der Waals surface area contributed by atoms with Crippen molar-refractivity contribution in [2.75, 3.05) is 12.9 Å². The fourth-order valence-corrected chi connectivity index (χ4v) is 4.82. The molecule has 1 heterocycles. The number of aryl methyl sites for hydroxylation is 1. The first-order valence-electron chi connectivity index (χ1n) is 8.12. The predicted octanol–water partition coefficient (Wildman–Crippen LogP) is 4.85. The van der Waals surface area contributed by atoms with E-state index in [-0.39, 0.29) is 11.7 Å². The highest BCUT2D eigenvalue weighted by Crippen LogP contribution is 2.31. The predicted molar refractivity (Wildman–Crippen MR) is 110 cm³/mol. The van der Waals surface area contributed by atoms with E-state index in [1.165, 1.54) is 28.7 Å². The molecule has 2 aromatic carbocycles. The van der Waals surface area contributed by atoms with Crippen LogP contribution >= 0.6 is 34.9 Å². The van der Waals surface area contributed by atoms with Gasteiger partial charge in [0.05, 0.1) is 12.9 Å². The van der Waals surface area contributed by atoms with Gasteiger partial charge < -0.3 is 9.47 Å². The molecule has 0 saturated carbocycles. The third-order valence-electron chi connectivity index (χ3n) is 3.48. The summed E-state index contributed by atoms with van der Waals surface area (Å²) in [6, 6.07) is 15.3. The summed E-state index contributed by atoms with van der Waals surface area (Å²) >= 11 is 4.44. The lowest BCUT2D eigenvalue weighted by Gasteiger charge is -2.03. The van der Waals surface area contributed by atoms with E-state index in [1.54, 1.807) is 31.0 Å². The SMILES string of the molecule is COc1ccc(CSc2nnc(SCC(=O)Oc3ccc(C)cc3)s2)cc1. The van der Waals surface area contributed by atoms with Crippen LogP contribution in [0.2, 0.25) is 0 Å². The van der Waals surface area contributed by atoms with Gasteiger partial charge in [0.2, 0.25) is 0 Å². The molecule has 0 fully saturated rings. The Balaban J connectivity index is 1.44. The number of esters is 1. The number of aromatic nitrogens is 2. The molecule has 3 aromatic rings. The molecule has 0 saturated heterocycles. The van der Waals surface area contributed by atoms with Crippen LogP contribution in [0.25, 0.3) is 0 Å². The third-order valence-corrected chi connectivity index (χ3v) is 6.71. The fourth-order valence-electron chi connectivity index (χ4n) is 2.07. The molecule has 1 aromatic heterocycles. The molecule has 27 heavy (non-hydrogen) atoms. The lowest BCUT2D eigenvalue weighted by molar-refractivity contribution is -0.131. The Bertz CT molecular complexity index is 880. The first kappa shape index (κ1) is 19.7. The molecule has 0 aliphatic carbocycles. The first-order chi connectivity index (χ1) is 13.1. The minimum atomic E-state index is -0.300. The molecular weight excluding hydrogens is 400 g/mol. The van der Waals surface area contributed by atoms with Crippen molar-refractivity contribution in [2.24, 2.45) is 0 Å². The summed E-state index contributed by atoms with van der Waals surface area (Å²) in [5.41, 5.74) is 2.31. The van der Waals surface area contributed by atoms with Gasteiger partial charge >= 0.3 is 5.97 Å². The standard InChI is InChI=1S/C19H18N2O3S3/c1-13-3-7-16(8-4-13)24-17(22)12-26-19-21-20-18(27-19)25-11-14-5-9-15(23-2)10-6-14/h3-10H,11-12H2,1-2H3. The van der Waals surface area contributed by atoms with Crippen LogP contribution in [-0.2, 0) is 10.5 Å². The van der Waals surface area contributed by atoms with E-state index in [2.05, 4.69) is 10.2 Å². The fraction of sp³-hybridized carbons (Fsp3) is 0.211. The largest absolute Gasteiger partial charge is 0.497 e. The van der Waals surface area contributed by atoms with Crippen molar-refractivity contribution in [1.82, 2.24) is 10.2 Å². The Morgan fingerprint density at radius 2 is 1.59 bits per heavy atom. The zero-order valence-corrected chi connectivity index (χ0v) is 17.3. The lowest BCUT2D eigenvalue weighted by Crippen LogP contribution is -2.10.